The minimum atomic E-state index is -3.68. The maximum absolute atomic E-state index is 13.6. The first-order valence-corrected chi connectivity index (χ1v) is 15.0. The van der Waals surface area contributed by atoms with Crippen molar-refractivity contribution in [1.82, 2.24) is 14.9 Å². The minimum absolute atomic E-state index is 0.335. The summed E-state index contributed by atoms with van der Waals surface area (Å²) in [4.78, 5) is 18.1. The van der Waals surface area contributed by atoms with Crippen molar-refractivity contribution in [1.29, 1.82) is 0 Å². The van der Waals surface area contributed by atoms with Gasteiger partial charge in [-0.15, -0.1) is 0 Å². The van der Waals surface area contributed by atoms with Crippen molar-refractivity contribution in [3.8, 4) is 28.3 Å². The number of fused-ring (bicyclic) bond motifs is 2. The van der Waals surface area contributed by atoms with Crippen LogP contribution in [0.5, 0.6) is 0 Å². The molecule has 42 heavy (non-hydrogen) atoms. The van der Waals surface area contributed by atoms with Gasteiger partial charge in [-0.1, -0.05) is 29.8 Å². The zero-order chi connectivity index (χ0) is 29.8. The van der Waals surface area contributed by atoms with Crippen molar-refractivity contribution in [2.45, 2.75) is 6.92 Å². The molecule has 0 unspecified atom stereocenters. The number of halogens is 1. The Balaban J connectivity index is 1.63. The van der Waals surface area contributed by atoms with E-state index in [0.29, 0.717) is 50.4 Å². The molecule has 0 aliphatic carbocycles. The summed E-state index contributed by atoms with van der Waals surface area (Å²) in [6, 6.07) is 22.7. The number of amides is 1. The van der Waals surface area contributed by atoms with Crippen molar-refractivity contribution in [2.75, 3.05) is 24.7 Å². The third-order valence-corrected chi connectivity index (χ3v) is 8.52. The van der Waals surface area contributed by atoms with Crippen molar-refractivity contribution < 1.29 is 22.0 Å². The zero-order valence-corrected chi connectivity index (χ0v) is 24.2. The van der Waals surface area contributed by atoms with Crippen LogP contribution < -0.4 is 9.62 Å². The Bertz CT molecular complexity index is 2100. The SMILES string of the molecule is CNC(=O)c1c(-c2ccc(C)cc2)oc2cc(N(C)S(C)(=O)=O)c(-c3ccc4ccn(-c5ccc(F)cc5)c4n3)cc12. The van der Waals surface area contributed by atoms with Gasteiger partial charge in [-0.2, -0.15) is 0 Å². The number of nitrogens with zero attached hydrogens (tertiary/aromatic N) is 3. The van der Waals surface area contributed by atoms with Crippen LogP contribution in [0.15, 0.2) is 89.5 Å². The van der Waals surface area contributed by atoms with Crippen molar-refractivity contribution in [3.05, 3.63) is 102 Å². The van der Waals surface area contributed by atoms with Crippen LogP contribution in [0, 0.1) is 12.7 Å². The number of carbonyl (C=O) groups is 1. The van der Waals surface area contributed by atoms with E-state index in [1.807, 2.05) is 54.1 Å². The third kappa shape index (κ3) is 4.69. The molecule has 0 bridgehead atoms. The van der Waals surface area contributed by atoms with Gasteiger partial charge in [0.2, 0.25) is 10.0 Å². The first-order valence-electron chi connectivity index (χ1n) is 13.1. The van der Waals surface area contributed by atoms with Gasteiger partial charge in [-0.25, -0.2) is 17.8 Å². The highest BCUT2D eigenvalue weighted by atomic mass is 32.2. The second-order valence-corrected chi connectivity index (χ2v) is 12.1. The van der Waals surface area contributed by atoms with E-state index in [0.717, 1.165) is 22.9 Å². The Morgan fingerprint density at radius 2 is 1.71 bits per heavy atom. The molecular formula is C32H27FN4O4S. The molecule has 0 spiro atoms. The Morgan fingerprint density at radius 1 is 1.00 bits per heavy atom. The summed E-state index contributed by atoms with van der Waals surface area (Å²) in [5.41, 5.74) is 5.10. The molecule has 0 radical (unpaired) electrons. The molecule has 1 amide bonds. The summed E-state index contributed by atoms with van der Waals surface area (Å²) in [6.07, 6.45) is 2.96. The summed E-state index contributed by atoms with van der Waals surface area (Å²) in [5.74, 6) is -0.307. The molecule has 6 aromatic rings. The van der Waals surface area contributed by atoms with Crippen LogP contribution in [0.4, 0.5) is 10.1 Å². The Labute approximate surface area is 242 Å². The average Bonchev–Trinajstić information content (AvgIpc) is 3.57. The van der Waals surface area contributed by atoms with Gasteiger partial charge in [-0.05, 0) is 55.5 Å². The number of hydrogen-bond donors (Lipinski definition) is 1. The van der Waals surface area contributed by atoms with Gasteiger partial charge in [0.15, 0.2) is 0 Å². The molecule has 212 valence electrons. The van der Waals surface area contributed by atoms with Crippen molar-refractivity contribution in [3.63, 3.8) is 0 Å². The van der Waals surface area contributed by atoms with Gasteiger partial charge in [0.25, 0.3) is 5.91 Å². The highest BCUT2D eigenvalue weighted by Crippen LogP contribution is 2.41. The Morgan fingerprint density at radius 3 is 2.38 bits per heavy atom. The number of pyridine rings is 1. The van der Waals surface area contributed by atoms with Crippen LogP contribution in [-0.2, 0) is 10.0 Å². The predicted octanol–water partition coefficient (Wildman–Crippen LogP) is 6.31. The summed E-state index contributed by atoms with van der Waals surface area (Å²) in [6.45, 7) is 1.97. The van der Waals surface area contributed by atoms with Crippen LogP contribution >= 0.6 is 0 Å². The van der Waals surface area contributed by atoms with E-state index < -0.39 is 10.0 Å². The van der Waals surface area contributed by atoms with E-state index in [-0.39, 0.29) is 11.7 Å². The van der Waals surface area contributed by atoms with E-state index >= 15 is 0 Å². The Kier molecular flexibility index (Phi) is 6.58. The maximum atomic E-state index is 13.6. The quantitative estimate of drug-likeness (QED) is 0.248. The van der Waals surface area contributed by atoms with E-state index in [1.165, 1.54) is 23.5 Å². The van der Waals surface area contributed by atoms with E-state index in [1.54, 1.807) is 37.4 Å². The molecule has 0 saturated carbocycles. The van der Waals surface area contributed by atoms with E-state index in [9.17, 15) is 17.6 Å². The van der Waals surface area contributed by atoms with Gasteiger partial charge in [0.1, 0.15) is 22.8 Å². The van der Waals surface area contributed by atoms with Crippen molar-refractivity contribution >= 4 is 43.6 Å². The molecule has 8 nitrogen and oxygen atoms in total. The first-order chi connectivity index (χ1) is 20.0. The zero-order valence-electron chi connectivity index (χ0n) is 23.3. The number of sulfonamides is 1. The number of rotatable bonds is 6. The number of anilines is 1. The summed E-state index contributed by atoms with van der Waals surface area (Å²) in [5, 5.41) is 4.06. The molecule has 3 aromatic carbocycles. The number of nitrogens with one attached hydrogen (secondary N) is 1. The van der Waals surface area contributed by atoms with Crippen LogP contribution in [0.3, 0.4) is 0 Å². The molecule has 1 N–H and O–H groups in total. The highest BCUT2D eigenvalue weighted by Gasteiger charge is 2.26. The lowest BCUT2D eigenvalue weighted by Crippen LogP contribution is -2.25. The molecule has 0 saturated heterocycles. The van der Waals surface area contributed by atoms with Crippen molar-refractivity contribution in [2.24, 2.45) is 0 Å². The molecular weight excluding hydrogens is 555 g/mol. The topological polar surface area (TPSA) is 97.4 Å². The molecule has 3 aromatic heterocycles. The molecule has 0 fully saturated rings. The molecule has 0 aliphatic heterocycles. The number of hydrogen-bond acceptors (Lipinski definition) is 5. The summed E-state index contributed by atoms with van der Waals surface area (Å²) < 4.78 is 48.3. The first kappa shape index (κ1) is 27.2. The van der Waals surface area contributed by atoms with Gasteiger partial charge in [0, 0.05) is 53.9 Å². The summed E-state index contributed by atoms with van der Waals surface area (Å²) >= 11 is 0. The number of aryl methyl sites for hydroxylation is 1. The lowest BCUT2D eigenvalue weighted by molar-refractivity contribution is 0.0964. The van der Waals surface area contributed by atoms with Crippen LogP contribution in [0.25, 0.3) is 50.3 Å². The van der Waals surface area contributed by atoms with E-state index in [2.05, 4.69) is 5.32 Å². The maximum Gasteiger partial charge on any atom is 0.255 e. The van der Waals surface area contributed by atoms with Gasteiger partial charge < -0.3 is 14.3 Å². The number of aromatic nitrogens is 2. The second-order valence-electron chi connectivity index (χ2n) is 10.1. The standard InChI is InChI=1S/C32H27FN4O4S/c1-19-5-7-20(8-6-19)30-29(32(38)34-2)25-17-24(27(18-28(25)41-30)36(3)42(4,39)40)26-14-9-21-15-16-37(31(21)35-26)23-12-10-22(33)11-13-23/h5-18H,1-4H3,(H,34,38). The molecule has 0 atom stereocenters. The fourth-order valence-corrected chi connectivity index (χ4v) is 5.51. The van der Waals surface area contributed by atoms with Crippen LogP contribution in [0.1, 0.15) is 15.9 Å². The third-order valence-electron chi connectivity index (χ3n) is 7.33. The fourth-order valence-electron chi connectivity index (χ4n) is 5.00. The van der Waals surface area contributed by atoms with Crippen LogP contribution in [-0.4, -0.2) is 44.2 Å². The number of carbonyl (C=O) groups excluding carboxylic acids is 1. The van der Waals surface area contributed by atoms with Gasteiger partial charge in [0.05, 0.1) is 23.2 Å². The smallest absolute Gasteiger partial charge is 0.255 e. The van der Waals surface area contributed by atoms with Crippen LogP contribution in [0.2, 0.25) is 0 Å². The van der Waals surface area contributed by atoms with Gasteiger partial charge >= 0.3 is 0 Å². The lowest BCUT2D eigenvalue weighted by atomic mass is 10.0. The second kappa shape index (κ2) is 10.1. The number of benzene rings is 3. The predicted molar refractivity (Wildman–Crippen MR) is 163 cm³/mol. The Hall–Kier alpha value is -4.96. The molecule has 3 heterocycles. The normalized spacial score (nSPS) is 11.7. The molecule has 10 heteroatoms. The summed E-state index contributed by atoms with van der Waals surface area (Å²) in [7, 11) is -0.670. The largest absolute Gasteiger partial charge is 0.455 e. The fraction of sp³-hybridized carbons (Fsp3) is 0.125. The molecule has 6 rings (SSSR count). The molecule has 0 aliphatic rings. The average molecular weight is 583 g/mol. The van der Waals surface area contributed by atoms with E-state index in [4.69, 9.17) is 9.40 Å². The van der Waals surface area contributed by atoms with Gasteiger partial charge in [-0.3, -0.25) is 9.10 Å². The highest BCUT2D eigenvalue weighted by molar-refractivity contribution is 7.92. The lowest BCUT2D eigenvalue weighted by Gasteiger charge is -2.20. The number of furan rings is 1. The minimum Gasteiger partial charge on any atom is -0.455 e. The monoisotopic (exact) mass is 582 g/mol.